The average molecular weight is 433 g/mol. The molecule has 6 heteroatoms. The van der Waals surface area contributed by atoms with Crippen LogP contribution in [0.5, 0.6) is 5.75 Å². The number of ether oxygens (including phenoxy) is 1. The van der Waals surface area contributed by atoms with Crippen LogP contribution in [0, 0.1) is 20.8 Å². The molecule has 2 heterocycles. The first-order valence-electron chi connectivity index (χ1n) is 10.0. The van der Waals surface area contributed by atoms with Gasteiger partial charge in [-0.05, 0) is 85.6 Å². The Bertz CT molecular complexity index is 1190. The normalized spacial score (nSPS) is 15.2. The average Bonchev–Trinajstić information content (AvgIpc) is 3.19. The predicted molar refractivity (Wildman–Crippen MR) is 124 cm³/mol. The highest BCUT2D eigenvalue weighted by Gasteiger charge is 2.35. The van der Waals surface area contributed by atoms with Gasteiger partial charge in [-0.25, -0.2) is 0 Å². The Morgan fingerprint density at radius 3 is 2.39 bits per heavy atom. The van der Waals surface area contributed by atoms with E-state index in [4.69, 9.17) is 4.74 Å². The van der Waals surface area contributed by atoms with Crippen LogP contribution in [0.1, 0.15) is 28.1 Å². The SMILES string of the molecule is COc1ccc(-n2c(C)cc(/C=C3\SC(=O)N(Cc4ccccc4C)C3=O)c2C)cc1. The molecule has 2 amide bonds. The summed E-state index contributed by atoms with van der Waals surface area (Å²) in [4.78, 5) is 27.3. The van der Waals surface area contributed by atoms with Gasteiger partial charge >= 0.3 is 0 Å². The van der Waals surface area contributed by atoms with Gasteiger partial charge in [0.1, 0.15) is 5.75 Å². The summed E-state index contributed by atoms with van der Waals surface area (Å²) in [7, 11) is 1.64. The van der Waals surface area contributed by atoms with Gasteiger partial charge in [0.2, 0.25) is 0 Å². The maximum absolute atomic E-state index is 13.0. The number of hydrogen-bond donors (Lipinski definition) is 0. The smallest absolute Gasteiger partial charge is 0.293 e. The van der Waals surface area contributed by atoms with E-state index in [1.807, 2.05) is 81.4 Å². The first-order chi connectivity index (χ1) is 14.9. The number of amides is 2. The van der Waals surface area contributed by atoms with Crippen molar-refractivity contribution >= 4 is 29.0 Å². The fourth-order valence-corrected chi connectivity index (χ4v) is 4.63. The van der Waals surface area contributed by atoms with Crippen LogP contribution in [-0.4, -0.2) is 27.7 Å². The molecule has 0 saturated carbocycles. The zero-order valence-corrected chi connectivity index (χ0v) is 18.8. The van der Waals surface area contributed by atoms with E-state index >= 15 is 0 Å². The lowest BCUT2D eigenvalue weighted by Gasteiger charge is -2.14. The zero-order chi connectivity index (χ0) is 22.1. The number of rotatable bonds is 5. The minimum atomic E-state index is -0.243. The molecule has 0 N–H and O–H groups in total. The molecule has 0 atom stereocenters. The molecular formula is C25H24N2O3S. The van der Waals surface area contributed by atoms with E-state index in [1.54, 1.807) is 7.11 Å². The minimum Gasteiger partial charge on any atom is -0.497 e. The monoisotopic (exact) mass is 432 g/mol. The second kappa shape index (κ2) is 8.47. The number of benzene rings is 2. The fourth-order valence-electron chi connectivity index (χ4n) is 3.80. The minimum absolute atomic E-state index is 0.233. The van der Waals surface area contributed by atoms with E-state index in [0.717, 1.165) is 51.3 Å². The second-order valence-electron chi connectivity index (χ2n) is 7.55. The summed E-state index contributed by atoms with van der Waals surface area (Å²) in [6.45, 7) is 6.32. The van der Waals surface area contributed by atoms with E-state index in [0.29, 0.717) is 11.4 Å². The molecule has 0 bridgehead atoms. The number of nitrogens with zero attached hydrogens (tertiary/aromatic N) is 2. The lowest BCUT2D eigenvalue weighted by Crippen LogP contribution is -2.27. The van der Waals surface area contributed by atoms with Crippen molar-refractivity contribution in [2.24, 2.45) is 0 Å². The molecule has 1 aliphatic rings. The van der Waals surface area contributed by atoms with Gasteiger partial charge in [0.15, 0.2) is 0 Å². The third-order valence-electron chi connectivity index (χ3n) is 5.55. The third kappa shape index (κ3) is 4.03. The topological polar surface area (TPSA) is 51.5 Å². The number of aryl methyl sites for hydroxylation is 2. The Morgan fingerprint density at radius 2 is 1.71 bits per heavy atom. The van der Waals surface area contributed by atoms with Gasteiger partial charge in [-0.1, -0.05) is 24.3 Å². The Labute approximate surface area is 186 Å². The number of thioether (sulfide) groups is 1. The maximum Gasteiger partial charge on any atom is 0.293 e. The van der Waals surface area contributed by atoms with E-state index in [2.05, 4.69) is 4.57 Å². The number of imide groups is 1. The highest BCUT2D eigenvalue weighted by atomic mass is 32.2. The van der Waals surface area contributed by atoms with Crippen LogP contribution in [0.4, 0.5) is 4.79 Å². The van der Waals surface area contributed by atoms with E-state index < -0.39 is 0 Å². The number of methoxy groups -OCH3 is 1. The molecule has 0 unspecified atom stereocenters. The molecule has 1 aliphatic heterocycles. The molecule has 158 valence electrons. The molecular weight excluding hydrogens is 408 g/mol. The molecule has 1 aromatic heterocycles. The number of aromatic nitrogens is 1. The van der Waals surface area contributed by atoms with Crippen molar-refractivity contribution in [3.63, 3.8) is 0 Å². The molecule has 1 saturated heterocycles. The van der Waals surface area contributed by atoms with Crippen LogP contribution in [0.2, 0.25) is 0 Å². The van der Waals surface area contributed by atoms with Crippen LogP contribution >= 0.6 is 11.8 Å². The first-order valence-corrected chi connectivity index (χ1v) is 10.8. The van der Waals surface area contributed by atoms with Gasteiger partial charge in [0.25, 0.3) is 11.1 Å². The van der Waals surface area contributed by atoms with Crippen molar-refractivity contribution in [2.45, 2.75) is 27.3 Å². The number of carbonyl (C=O) groups is 2. The fraction of sp³-hybridized carbons (Fsp3) is 0.200. The Morgan fingerprint density at radius 1 is 1.00 bits per heavy atom. The molecule has 5 nitrogen and oxygen atoms in total. The Hall–Kier alpha value is -3.25. The summed E-state index contributed by atoms with van der Waals surface area (Å²) in [5, 5.41) is -0.233. The standard InChI is InChI=1S/C25H24N2O3S/c1-16-7-5-6-8-19(16)15-26-24(28)23(31-25(26)29)14-20-13-17(2)27(18(20)3)21-9-11-22(30-4)12-10-21/h5-14H,15H2,1-4H3/b23-14-. The summed E-state index contributed by atoms with van der Waals surface area (Å²) >= 11 is 0.999. The predicted octanol–water partition coefficient (Wildman–Crippen LogP) is 5.65. The molecule has 0 radical (unpaired) electrons. The summed E-state index contributed by atoms with van der Waals surface area (Å²) < 4.78 is 7.37. The lowest BCUT2D eigenvalue weighted by molar-refractivity contribution is -0.123. The zero-order valence-electron chi connectivity index (χ0n) is 18.0. The molecule has 31 heavy (non-hydrogen) atoms. The van der Waals surface area contributed by atoms with Crippen LogP contribution in [0.25, 0.3) is 11.8 Å². The largest absolute Gasteiger partial charge is 0.497 e. The van der Waals surface area contributed by atoms with Gasteiger partial charge in [-0.3, -0.25) is 14.5 Å². The Kier molecular flexibility index (Phi) is 5.74. The van der Waals surface area contributed by atoms with Gasteiger partial charge in [-0.15, -0.1) is 0 Å². The van der Waals surface area contributed by atoms with Gasteiger partial charge < -0.3 is 9.30 Å². The molecule has 1 fully saturated rings. The van der Waals surface area contributed by atoms with Gasteiger partial charge in [-0.2, -0.15) is 0 Å². The van der Waals surface area contributed by atoms with Crippen LogP contribution in [0.15, 0.2) is 59.5 Å². The van der Waals surface area contributed by atoms with Crippen molar-refractivity contribution in [1.29, 1.82) is 0 Å². The second-order valence-corrected chi connectivity index (χ2v) is 8.55. The van der Waals surface area contributed by atoms with E-state index in [-0.39, 0.29) is 11.1 Å². The molecule has 3 aromatic rings. The summed E-state index contributed by atoms with van der Waals surface area (Å²) in [5.41, 5.74) is 6.04. The highest BCUT2D eigenvalue weighted by molar-refractivity contribution is 8.18. The van der Waals surface area contributed by atoms with E-state index in [9.17, 15) is 9.59 Å². The lowest BCUT2D eigenvalue weighted by atomic mass is 10.1. The van der Waals surface area contributed by atoms with Crippen molar-refractivity contribution in [1.82, 2.24) is 9.47 Å². The van der Waals surface area contributed by atoms with Crippen LogP contribution in [-0.2, 0) is 11.3 Å². The summed E-state index contributed by atoms with van der Waals surface area (Å²) in [5.74, 6) is 0.557. The summed E-state index contributed by atoms with van der Waals surface area (Å²) in [6, 6.07) is 17.7. The van der Waals surface area contributed by atoms with Crippen molar-refractivity contribution in [3.05, 3.63) is 87.6 Å². The van der Waals surface area contributed by atoms with Gasteiger partial charge in [0, 0.05) is 17.1 Å². The van der Waals surface area contributed by atoms with Crippen LogP contribution in [0.3, 0.4) is 0 Å². The van der Waals surface area contributed by atoms with Gasteiger partial charge in [0.05, 0.1) is 18.6 Å². The quantitative estimate of drug-likeness (QED) is 0.489. The van der Waals surface area contributed by atoms with E-state index in [1.165, 1.54) is 4.90 Å². The Balaban J connectivity index is 1.62. The van der Waals surface area contributed by atoms with Crippen LogP contribution < -0.4 is 4.74 Å². The molecule has 4 rings (SSSR count). The van der Waals surface area contributed by atoms with Crippen molar-refractivity contribution < 1.29 is 14.3 Å². The molecule has 0 aliphatic carbocycles. The number of carbonyl (C=O) groups excluding carboxylic acids is 2. The summed E-state index contributed by atoms with van der Waals surface area (Å²) in [6.07, 6.45) is 1.82. The third-order valence-corrected chi connectivity index (χ3v) is 6.46. The molecule has 2 aromatic carbocycles. The van der Waals surface area contributed by atoms with Crippen molar-refractivity contribution in [2.75, 3.05) is 7.11 Å². The number of hydrogen-bond acceptors (Lipinski definition) is 4. The highest BCUT2D eigenvalue weighted by Crippen LogP contribution is 2.35. The maximum atomic E-state index is 13.0. The first kappa shape index (κ1) is 21.0. The van der Waals surface area contributed by atoms with Crippen molar-refractivity contribution in [3.8, 4) is 11.4 Å². The molecule has 0 spiro atoms.